The second-order valence-electron chi connectivity index (χ2n) is 3.28. The van der Waals surface area contributed by atoms with Crippen molar-refractivity contribution in [2.75, 3.05) is 43.8 Å². The first kappa shape index (κ1) is 11.7. The first-order valence-corrected chi connectivity index (χ1v) is 6.50. The summed E-state index contributed by atoms with van der Waals surface area (Å²) in [5.41, 5.74) is 0. The number of morpholine rings is 1. The van der Waals surface area contributed by atoms with Gasteiger partial charge in [0.15, 0.2) is 0 Å². The van der Waals surface area contributed by atoms with Gasteiger partial charge in [0.1, 0.15) is 0 Å². The fraction of sp³-hybridized carbons (Fsp3) is 1.00. The van der Waals surface area contributed by atoms with Crippen LogP contribution >= 0.6 is 22.6 Å². The predicted octanol–water partition coefficient (Wildman–Crippen LogP) is 0.732. The first-order valence-electron chi connectivity index (χ1n) is 4.97. The van der Waals surface area contributed by atoms with Crippen LogP contribution in [0.5, 0.6) is 0 Å². The van der Waals surface area contributed by atoms with Crippen molar-refractivity contribution in [2.24, 2.45) is 0 Å². The molecule has 0 saturated carbocycles. The molecule has 1 unspecified atom stereocenters. The molecule has 3 nitrogen and oxygen atoms in total. The third-order valence-corrected chi connectivity index (χ3v) is 2.85. The molecule has 1 heterocycles. The van der Waals surface area contributed by atoms with E-state index in [1.807, 2.05) is 0 Å². The lowest BCUT2D eigenvalue weighted by atomic mass is 10.2. The Morgan fingerprint density at radius 2 is 2.46 bits per heavy atom. The summed E-state index contributed by atoms with van der Waals surface area (Å²) < 4.78 is 6.82. The smallest absolute Gasteiger partial charge is 0.0826 e. The monoisotopic (exact) mass is 298 g/mol. The van der Waals surface area contributed by atoms with Crippen LogP contribution in [0.3, 0.4) is 0 Å². The van der Waals surface area contributed by atoms with E-state index in [0.29, 0.717) is 6.10 Å². The molecule has 4 heteroatoms. The molecule has 0 amide bonds. The molecule has 0 aromatic carbocycles. The SMILES string of the molecule is CCN1CCOC(CNCCI)C1. The number of halogens is 1. The zero-order valence-electron chi connectivity index (χ0n) is 8.26. The molecule has 0 aromatic rings. The second-order valence-corrected chi connectivity index (χ2v) is 4.36. The minimum absolute atomic E-state index is 0.400. The van der Waals surface area contributed by atoms with Gasteiger partial charge in [0.2, 0.25) is 0 Å². The van der Waals surface area contributed by atoms with Crippen LogP contribution in [0.25, 0.3) is 0 Å². The van der Waals surface area contributed by atoms with E-state index in [2.05, 4.69) is 39.7 Å². The molecule has 0 aliphatic carbocycles. The molecule has 1 saturated heterocycles. The number of hydrogen-bond donors (Lipinski definition) is 1. The number of nitrogens with zero attached hydrogens (tertiary/aromatic N) is 1. The Labute approximate surface area is 94.3 Å². The summed E-state index contributed by atoms with van der Waals surface area (Å²) in [5, 5.41) is 3.39. The number of hydrogen-bond acceptors (Lipinski definition) is 3. The summed E-state index contributed by atoms with van der Waals surface area (Å²) in [6, 6.07) is 0. The van der Waals surface area contributed by atoms with Gasteiger partial charge in [-0.3, -0.25) is 4.90 Å². The molecule has 1 aliphatic heterocycles. The van der Waals surface area contributed by atoms with E-state index in [-0.39, 0.29) is 0 Å². The molecule has 1 rings (SSSR count). The van der Waals surface area contributed by atoms with Crippen molar-refractivity contribution in [3.63, 3.8) is 0 Å². The van der Waals surface area contributed by atoms with Crippen LogP contribution in [0.4, 0.5) is 0 Å². The zero-order valence-corrected chi connectivity index (χ0v) is 10.4. The highest BCUT2D eigenvalue weighted by atomic mass is 127. The van der Waals surface area contributed by atoms with Crippen molar-refractivity contribution in [3.8, 4) is 0 Å². The highest BCUT2D eigenvalue weighted by Crippen LogP contribution is 2.03. The van der Waals surface area contributed by atoms with Crippen molar-refractivity contribution in [3.05, 3.63) is 0 Å². The number of alkyl halides is 1. The topological polar surface area (TPSA) is 24.5 Å². The standard InChI is InChI=1S/C9H19IN2O/c1-2-12-5-6-13-9(8-12)7-11-4-3-10/h9,11H,2-8H2,1H3. The normalized spacial score (nSPS) is 24.9. The predicted molar refractivity (Wildman–Crippen MR) is 63.6 cm³/mol. The van der Waals surface area contributed by atoms with Gasteiger partial charge in [0.05, 0.1) is 12.7 Å². The highest BCUT2D eigenvalue weighted by molar-refractivity contribution is 14.1. The number of nitrogens with one attached hydrogen (secondary N) is 1. The average Bonchev–Trinajstić information content (AvgIpc) is 2.19. The molecule has 1 fully saturated rings. The fourth-order valence-electron chi connectivity index (χ4n) is 1.52. The van der Waals surface area contributed by atoms with Gasteiger partial charge >= 0.3 is 0 Å². The molecule has 1 N–H and O–H groups in total. The van der Waals surface area contributed by atoms with E-state index >= 15 is 0 Å². The number of likely N-dealkylation sites (N-methyl/N-ethyl adjacent to an activating group) is 1. The third kappa shape index (κ3) is 4.58. The van der Waals surface area contributed by atoms with E-state index in [1.165, 1.54) is 4.43 Å². The van der Waals surface area contributed by atoms with Crippen LogP contribution in [0.2, 0.25) is 0 Å². The van der Waals surface area contributed by atoms with Crippen molar-refractivity contribution in [2.45, 2.75) is 13.0 Å². The maximum absolute atomic E-state index is 5.65. The van der Waals surface area contributed by atoms with Crippen LogP contribution in [-0.4, -0.2) is 54.8 Å². The van der Waals surface area contributed by atoms with Gasteiger partial charge in [0, 0.05) is 30.6 Å². The molecule has 13 heavy (non-hydrogen) atoms. The van der Waals surface area contributed by atoms with Crippen LogP contribution in [-0.2, 0) is 4.74 Å². The van der Waals surface area contributed by atoms with Gasteiger partial charge in [-0.25, -0.2) is 0 Å². The summed E-state index contributed by atoms with van der Waals surface area (Å²) in [5.74, 6) is 0. The summed E-state index contributed by atoms with van der Waals surface area (Å²) >= 11 is 2.38. The van der Waals surface area contributed by atoms with Gasteiger partial charge in [0.25, 0.3) is 0 Å². The first-order chi connectivity index (χ1) is 6.36. The van der Waals surface area contributed by atoms with E-state index in [0.717, 1.165) is 39.3 Å². The van der Waals surface area contributed by atoms with Crippen LogP contribution in [0.1, 0.15) is 6.92 Å². The number of ether oxygens (including phenoxy) is 1. The van der Waals surface area contributed by atoms with Gasteiger partial charge in [-0.05, 0) is 6.54 Å². The van der Waals surface area contributed by atoms with E-state index in [9.17, 15) is 0 Å². The Morgan fingerprint density at radius 3 is 3.15 bits per heavy atom. The Kier molecular flexibility index (Phi) is 6.27. The maximum Gasteiger partial charge on any atom is 0.0826 e. The minimum Gasteiger partial charge on any atom is -0.374 e. The Hall–Kier alpha value is 0.610. The second kappa shape index (κ2) is 6.98. The van der Waals surface area contributed by atoms with Gasteiger partial charge < -0.3 is 10.1 Å². The van der Waals surface area contributed by atoms with Crippen LogP contribution in [0.15, 0.2) is 0 Å². The molecular weight excluding hydrogens is 279 g/mol. The Bertz CT molecular complexity index is 135. The molecule has 0 spiro atoms. The highest BCUT2D eigenvalue weighted by Gasteiger charge is 2.18. The summed E-state index contributed by atoms with van der Waals surface area (Å²) in [6.45, 7) is 8.52. The summed E-state index contributed by atoms with van der Waals surface area (Å²) in [6.07, 6.45) is 0.400. The molecule has 0 aromatic heterocycles. The van der Waals surface area contributed by atoms with Crippen molar-refractivity contribution >= 4 is 22.6 Å². The maximum atomic E-state index is 5.65. The molecule has 1 aliphatic rings. The van der Waals surface area contributed by atoms with Crippen LogP contribution < -0.4 is 5.32 Å². The lowest BCUT2D eigenvalue weighted by Gasteiger charge is -2.32. The lowest BCUT2D eigenvalue weighted by Crippen LogP contribution is -2.46. The van der Waals surface area contributed by atoms with Crippen molar-refractivity contribution < 1.29 is 4.74 Å². The molecule has 78 valence electrons. The quantitative estimate of drug-likeness (QED) is 0.460. The van der Waals surface area contributed by atoms with E-state index in [1.54, 1.807) is 0 Å². The molecular formula is C9H19IN2O. The zero-order chi connectivity index (χ0) is 9.52. The van der Waals surface area contributed by atoms with Gasteiger partial charge in [-0.2, -0.15) is 0 Å². The summed E-state index contributed by atoms with van der Waals surface area (Å²) in [7, 11) is 0. The largest absolute Gasteiger partial charge is 0.374 e. The molecule has 1 atom stereocenters. The minimum atomic E-state index is 0.400. The van der Waals surface area contributed by atoms with Gasteiger partial charge in [-0.1, -0.05) is 29.5 Å². The van der Waals surface area contributed by atoms with E-state index in [4.69, 9.17) is 4.74 Å². The average molecular weight is 298 g/mol. The molecule has 0 radical (unpaired) electrons. The molecule has 0 bridgehead atoms. The Balaban J connectivity index is 2.11. The fourth-order valence-corrected chi connectivity index (χ4v) is 1.90. The lowest BCUT2D eigenvalue weighted by molar-refractivity contribution is -0.0249. The number of rotatable bonds is 5. The van der Waals surface area contributed by atoms with Gasteiger partial charge in [-0.15, -0.1) is 0 Å². The summed E-state index contributed by atoms with van der Waals surface area (Å²) in [4.78, 5) is 2.44. The van der Waals surface area contributed by atoms with Crippen LogP contribution in [0, 0.1) is 0 Å². The third-order valence-electron chi connectivity index (χ3n) is 2.31. The van der Waals surface area contributed by atoms with Crippen molar-refractivity contribution in [1.82, 2.24) is 10.2 Å². The van der Waals surface area contributed by atoms with E-state index < -0.39 is 0 Å². The van der Waals surface area contributed by atoms with Crippen molar-refractivity contribution in [1.29, 1.82) is 0 Å². The Morgan fingerprint density at radius 1 is 1.62 bits per heavy atom.